The van der Waals surface area contributed by atoms with Gasteiger partial charge in [0, 0.05) is 7.11 Å². The molecule has 16 heavy (non-hydrogen) atoms. The maximum absolute atomic E-state index is 13.3. The Hall–Kier alpha value is -1.13. The second kappa shape index (κ2) is 6.45. The molecule has 0 aliphatic carbocycles. The molecule has 0 spiro atoms. The molecule has 0 fully saturated rings. The number of aryl methyl sites for hydroxylation is 1. The van der Waals surface area contributed by atoms with E-state index in [0.29, 0.717) is 13.2 Å². The molecule has 90 valence electrons. The van der Waals surface area contributed by atoms with E-state index in [1.165, 1.54) is 6.07 Å². The van der Waals surface area contributed by atoms with E-state index in [4.69, 9.17) is 9.47 Å². The number of hydrogen-bond acceptors (Lipinski definition) is 3. The van der Waals surface area contributed by atoms with Gasteiger partial charge in [0.05, 0.1) is 12.6 Å². The summed E-state index contributed by atoms with van der Waals surface area (Å²) in [5.74, 6) is -0.0470. The highest BCUT2D eigenvalue weighted by Crippen LogP contribution is 2.18. The van der Waals surface area contributed by atoms with Crippen LogP contribution in [-0.2, 0) is 4.74 Å². The lowest BCUT2D eigenvalue weighted by molar-refractivity contribution is 0.138. The van der Waals surface area contributed by atoms with Crippen LogP contribution >= 0.6 is 0 Å². The van der Waals surface area contributed by atoms with Crippen LogP contribution in [0, 0.1) is 12.7 Å². The van der Waals surface area contributed by atoms with Crippen molar-refractivity contribution in [1.29, 1.82) is 0 Å². The number of halogens is 1. The van der Waals surface area contributed by atoms with Crippen LogP contribution in [0.3, 0.4) is 0 Å². The highest BCUT2D eigenvalue weighted by Gasteiger charge is 2.09. The quantitative estimate of drug-likeness (QED) is 0.803. The summed E-state index contributed by atoms with van der Waals surface area (Å²) in [5, 5.41) is 3.03. The minimum absolute atomic E-state index is 0.0601. The number of methoxy groups -OCH3 is 1. The lowest BCUT2D eigenvalue weighted by Gasteiger charge is -2.16. The topological polar surface area (TPSA) is 30.5 Å². The molecule has 0 saturated carbocycles. The predicted molar refractivity (Wildman–Crippen MR) is 61.4 cm³/mol. The molecular weight excluding hydrogens is 209 g/mol. The van der Waals surface area contributed by atoms with Crippen molar-refractivity contribution in [2.75, 3.05) is 27.4 Å². The number of benzene rings is 1. The zero-order valence-electron chi connectivity index (χ0n) is 9.92. The molecular formula is C12H18FNO2. The van der Waals surface area contributed by atoms with E-state index >= 15 is 0 Å². The molecule has 0 aromatic heterocycles. The Labute approximate surface area is 95.6 Å². The number of likely N-dealkylation sites (N-methyl/N-ethyl adjacent to an activating group) is 1. The van der Waals surface area contributed by atoms with Gasteiger partial charge in [0.25, 0.3) is 0 Å². The molecule has 3 nitrogen and oxygen atoms in total. The summed E-state index contributed by atoms with van der Waals surface area (Å²) in [7, 11) is 3.44. The Morgan fingerprint density at radius 1 is 1.38 bits per heavy atom. The molecule has 1 aromatic carbocycles. The first-order valence-corrected chi connectivity index (χ1v) is 5.22. The van der Waals surface area contributed by atoms with Crippen molar-refractivity contribution in [2.24, 2.45) is 0 Å². The zero-order valence-corrected chi connectivity index (χ0v) is 9.92. The van der Waals surface area contributed by atoms with E-state index in [0.717, 1.165) is 5.56 Å². The van der Waals surface area contributed by atoms with Gasteiger partial charge in [-0.25, -0.2) is 4.39 Å². The van der Waals surface area contributed by atoms with Crippen LogP contribution in [0.1, 0.15) is 5.56 Å². The highest BCUT2D eigenvalue weighted by molar-refractivity contribution is 5.29. The third-order valence-corrected chi connectivity index (χ3v) is 2.30. The third kappa shape index (κ3) is 3.79. The summed E-state index contributed by atoms with van der Waals surface area (Å²) in [6, 6.07) is 4.88. The molecule has 4 heteroatoms. The fourth-order valence-corrected chi connectivity index (χ4v) is 1.33. The summed E-state index contributed by atoms with van der Waals surface area (Å²) < 4.78 is 23.7. The molecule has 1 rings (SSSR count). The summed E-state index contributed by atoms with van der Waals surface area (Å²) in [5.41, 5.74) is 0.976. The van der Waals surface area contributed by atoms with Crippen molar-refractivity contribution in [1.82, 2.24) is 5.32 Å². The Morgan fingerprint density at radius 3 is 2.75 bits per heavy atom. The van der Waals surface area contributed by atoms with E-state index in [9.17, 15) is 4.39 Å². The summed E-state index contributed by atoms with van der Waals surface area (Å²) in [6.07, 6.45) is 0. The first-order chi connectivity index (χ1) is 7.67. The van der Waals surface area contributed by atoms with Crippen molar-refractivity contribution >= 4 is 0 Å². The molecule has 0 aliphatic rings. The van der Waals surface area contributed by atoms with Gasteiger partial charge >= 0.3 is 0 Å². The Balaban J connectivity index is 2.55. The van der Waals surface area contributed by atoms with Crippen LogP contribution in [-0.4, -0.2) is 33.4 Å². The van der Waals surface area contributed by atoms with Crippen LogP contribution in [0.15, 0.2) is 18.2 Å². The van der Waals surface area contributed by atoms with Gasteiger partial charge in [-0.3, -0.25) is 0 Å². The molecule has 0 bridgehead atoms. The van der Waals surface area contributed by atoms with E-state index in [2.05, 4.69) is 5.32 Å². The minimum atomic E-state index is -0.335. The van der Waals surface area contributed by atoms with Crippen molar-refractivity contribution in [3.8, 4) is 5.75 Å². The Kier molecular flexibility index (Phi) is 5.22. The Bertz CT molecular complexity index is 331. The van der Waals surface area contributed by atoms with Crippen LogP contribution in [0.4, 0.5) is 4.39 Å². The first-order valence-electron chi connectivity index (χ1n) is 5.22. The molecule has 1 N–H and O–H groups in total. The smallest absolute Gasteiger partial charge is 0.165 e. The predicted octanol–water partition coefficient (Wildman–Crippen LogP) is 1.75. The summed E-state index contributed by atoms with van der Waals surface area (Å²) in [6.45, 7) is 2.81. The summed E-state index contributed by atoms with van der Waals surface area (Å²) in [4.78, 5) is 0. The van der Waals surface area contributed by atoms with Gasteiger partial charge in [-0.1, -0.05) is 6.07 Å². The number of rotatable bonds is 6. The van der Waals surface area contributed by atoms with Gasteiger partial charge in [-0.05, 0) is 31.7 Å². The van der Waals surface area contributed by atoms with Gasteiger partial charge in [0.1, 0.15) is 6.61 Å². The van der Waals surface area contributed by atoms with E-state index in [1.54, 1.807) is 19.2 Å². The van der Waals surface area contributed by atoms with Crippen molar-refractivity contribution in [2.45, 2.75) is 13.0 Å². The van der Waals surface area contributed by atoms with Gasteiger partial charge < -0.3 is 14.8 Å². The van der Waals surface area contributed by atoms with Crippen molar-refractivity contribution < 1.29 is 13.9 Å². The SMILES string of the molecule is CNC(COC)COc1cc(C)ccc1F. The molecule has 1 atom stereocenters. The average molecular weight is 227 g/mol. The molecule has 1 unspecified atom stereocenters. The largest absolute Gasteiger partial charge is 0.489 e. The fraction of sp³-hybridized carbons (Fsp3) is 0.500. The minimum Gasteiger partial charge on any atom is -0.489 e. The van der Waals surface area contributed by atoms with Crippen LogP contribution in [0.2, 0.25) is 0 Å². The fourth-order valence-electron chi connectivity index (χ4n) is 1.33. The number of ether oxygens (including phenoxy) is 2. The van der Waals surface area contributed by atoms with Crippen LogP contribution < -0.4 is 10.1 Å². The number of hydrogen-bond donors (Lipinski definition) is 1. The maximum atomic E-state index is 13.3. The summed E-state index contributed by atoms with van der Waals surface area (Å²) >= 11 is 0. The molecule has 0 saturated heterocycles. The van der Waals surface area contributed by atoms with Gasteiger partial charge in [-0.2, -0.15) is 0 Å². The van der Waals surface area contributed by atoms with Gasteiger partial charge in [0.2, 0.25) is 0 Å². The second-order valence-corrected chi connectivity index (χ2v) is 3.69. The number of nitrogens with one attached hydrogen (secondary N) is 1. The van der Waals surface area contributed by atoms with Crippen LogP contribution in [0.25, 0.3) is 0 Å². The first kappa shape index (κ1) is 12.9. The zero-order chi connectivity index (χ0) is 12.0. The van der Waals surface area contributed by atoms with Crippen molar-refractivity contribution in [3.63, 3.8) is 0 Å². The van der Waals surface area contributed by atoms with Gasteiger partial charge in [0.15, 0.2) is 11.6 Å². The lowest BCUT2D eigenvalue weighted by Crippen LogP contribution is -2.35. The molecule has 0 heterocycles. The molecule has 0 amide bonds. The Morgan fingerprint density at radius 2 is 2.12 bits per heavy atom. The van der Waals surface area contributed by atoms with Gasteiger partial charge in [-0.15, -0.1) is 0 Å². The van der Waals surface area contributed by atoms with E-state index < -0.39 is 0 Å². The molecule has 0 aliphatic heterocycles. The van der Waals surface area contributed by atoms with E-state index in [-0.39, 0.29) is 17.6 Å². The maximum Gasteiger partial charge on any atom is 0.165 e. The third-order valence-electron chi connectivity index (χ3n) is 2.30. The molecule has 1 aromatic rings. The second-order valence-electron chi connectivity index (χ2n) is 3.69. The monoisotopic (exact) mass is 227 g/mol. The van der Waals surface area contributed by atoms with Crippen LogP contribution in [0.5, 0.6) is 5.75 Å². The van der Waals surface area contributed by atoms with Crippen molar-refractivity contribution in [3.05, 3.63) is 29.6 Å². The van der Waals surface area contributed by atoms with E-state index in [1.807, 2.05) is 14.0 Å². The normalized spacial score (nSPS) is 12.5. The lowest BCUT2D eigenvalue weighted by atomic mass is 10.2. The highest BCUT2D eigenvalue weighted by atomic mass is 19.1. The standard InChI is InChI=1S/C12H18FNO2/c1-9-4-5-11(13)12(6-9)16-8-10(14-2)7-15-3/h4-6,10,14H,7-8H2,1-3H3. The average Bonchev–Trinajstić information content (AvgIpc) is 2.28. The molecule has 0 radical (unpaired) electrons.